The van der Waals surface area contributed by atoms with Crippen molar-refractivity contribution in [3.8, 4) is 11.5 Å². The summed E-state index contributed by atoms with van der Waals surface area (Å²) < 4.78 is 16.0. The van der Waals surface area contributed by atoms with Gasteiger partial charge < -0.3 is 24.6 Å². The highest BCUT2D eigenvalue weighted by Crippen LogP contribution is 2.33. The zero-order chi connectivity index (χ0) is 29.3. The number of nitrogens with one attached hydrogen (secondary N) is 2. The van der Waals surface area contributed by atoms with E-state index in [-0.39, 0.29) is 24.6 Å². The van der Waals surface area contributed by atoms with E-state index < -0.39 is 23.4 Å². The monoisotopic (exact) mass is 550 g/mol. The van der Waals surface area contributed by atoms with E-state index in [1.165, 1.54) is 4.90 Å². The number of hydrogen-bond acceptors (Lipinski definition) is 7. The Kier molecular flexibility index (Phi) is 10.3. The standard InChI is InChI=1S/C30H38N4O6/c1-7-30(4,5)32-29(37)28(21-12-14-23(38-6)15-13-21)34(22-10-9-11-24(19-22)39-8-2)27(36)17-16-26(35)31-25-18-20(3)40-33-25/h9-15,18-19,28H,7-8,16-17H2,1-6H3,(H,32,37)(H,31,33,35)/t28-/m0/s1. The lowest BCUT2D eigenvalue weighted by atomic mass is 9.97. The van der Waals surface area contributed by atoms with E-state index in [4.69, 9.17) is 14.0 Å². The lowest BCUT2D eigenvalue weighted by Crippen LogP contribution is -2.50. The molecule has 0 saturated carbocycles. The molecule has 0 fully saturated rings. The van der Waals surface area contributed by atoms with Gasteiger partial charge in [-0.2, -0.15) is 0 Å². The zero-order valence-electron chi connectivity index (χ0n) is 23.9. The molecule has 0 spiro atoms. The number of ether oxygens (including phenoxy) is 2. The molecule has 10 heteroatoms. The lowest BCUT2D eigenvalue weighted by molar-refractivity contribution is -0.128. The summed E-state index contributed by atoms with van der Waals surface area (Å²) in [7, 11) is 1.56. The maximum Gasteiger partial charge on any atom is 0.248 e. The fourth-order valence-electron chi connectivity index (χ4n) is 3.99. The predicted octanol–water partition coefficient (Wildman–Crippen LogP) is 5.19. The molecule has 0 aliphatic heterocycles. The normalized spacial score (nSPS) is 11.8. The van der Waals surface area contributed by atoms with Gasteiger partial charge in [-0.3, -0.25) is 19.3 Å². The number of hydrogen-bond donors (Lipinski definition) is 2. The quantitative estimate of drug-likeness (QED) is 0.300. The van der Waals surface area contributed by atoms with E-state index in [1.807, 2.05) is 27.7 Å². The number of aryl methyl sites for hydroxylation is 1. The van der Waals surface area contributed by atoms with Crippen molar-refractivity contribution >= 4 is 29.2 Å². The third-order valence-electron chi connectivity index (χ3n) is 6.42. The summed E-state index contributed by atoms with van der Waals surface area (Å²) in [6.45, 7) is 9.84. The van der Waals surface area contributed by atoms with Gasteiger partial charge in [0.15, 0.2) is 5.82 Å². The third kappa shape index (κ3) is 8.08. The van der Waals surface area contributed by atoms with Crippen molar-refractivity contribution in [2.45, 2.75) is 65.5 Å². The molecule has 3 rings (SSSR count). The maximum atomic E-state index is 13.9. The molecule has 1 aromatic heterocycles. The summed E-state index contributed by atoms with van der Waals surface area (Å²) in [4.78, 5) is 41.9. The van der Waals surface area contributed by atoms with Crippen LogP contribution >= 0.6 is 0 Å². The van der Waals surface area contributed by atoms with Crippen molar-refractivity contribution in [3.63, 3.8) is 0 Å². The Hall–Kier alpha value is -4.34. The van der Waals surface area contributed by atoms with Crippen LogP contribution in [0.5, 0.6) is 11.5 Å². The first-order valence-electron chi connectivity index (χ1n) is 13.3. The molecule has 2 aromatic carbocycles. The Balaban J connectivity index is 2.01. The van der Waals surface area contributed by atoms with E-state index in [2.05, 4.69) is 15.8 Å². The number of carbonyl (C=O) groups excluding carboxylic acids is 3. The second-order valence-corrected chi connectivity index (χ2v) is 9.97. The van der Waals surface area contributed by atoms with Crippen molar-refractivity contribution in [2.24, 2.45) is 0 Å². The average molecular weight is 551 g/mol. The van der Waals surface area contributed by atoms with Gasteiger partial charge >= 0.3 is 0 Å². The van der Waals surface area contributed by atoms with Crippen LogP contribution in [0.3, 0.4) is 0 Å². The van der Waals surface area contributed by atoms with E-state index in [0.29, 0.717) is 41.5 Å². The number of benzene rings is 2. The second-order valence-electron chi connectivity index (χ2n) is 9.97. The zero-order valence-corrected chi connectivity index (χ0v) is 23.9. The summed E-state index contributed by atoms with van der Waals surface area (Å²) >= 11 is 0. The van der Waals surface area contributed by atoms with Gasteiger partial charge in [0.2, 0.25) is 17.7 Å². The van der Waals surface area contributed by atoms with E-state index in [1.54, 1.807) is 68.6 Å². The van der Waals surface area contributed by atoms with E-state index in [0.717, 1.165) is 0 Å². The summed E-state index contributed by atoms with van der Waals surface area (Å²) in [6, 6.07) is 14.6. The van der Waals surface area contributed by atoms with Crippen LogP contribution in [0, 0.1) is 6.92 Å². The van der Waals surface area contributed by atoms with Gasteiger partial charge in [-0.25, -0.2) is 0 Å². The van der Waals surface area contributed by atoms with Crippen LogP contribution < -0.4 is 25.0 Å². The molecule has 40 heavy (non-hydrogen) atoms. The minimum Gasteiger partial charge on any atom is -0.497 e. The van der Waals surface area contributed by atoms with Crippen molar-refractivity contribution in [1.29, 1.82) is 0 Å². The molecular weight excluding hydrogens is 512 g/mol. The smallest absolute Gasteiger partial charge is 0.248 e. The van der Waals surface area contributed by atoms with E-state index in [9.17, 15) is 14.4 Å². The number of carbonyl (C=O) groups is 3. The van der Waals surface area contributed by atoms with Gasteiger partial charge in [-0.1, -0.05) is 30.3 Å². The molecule has 1 atom stereocenters. The van der Waals surface area contributed by atoms with Gasteiger partial charge in [-0.05, 0) is 63.9 Å². The number of anilines is 2. The first-order valence-corrected chi connectivity index (χ1v) is 13.3. The molecule has 0 aliphatic carbocycles. The molecule has 3 amide bonds. The largest absolute Gasteiger partial charge is 0.497 e. The van der Waals surface area contributed by atoms with Crippen LogP contribution in [0.25, 0.3) is 0 Å². The molecule has 0 bridgehead atoms. The first kappa shape index (κ1) is 30.2. The Morgan fingerprint density at radius 3 is 2.35 bits per heavy atom. The fraction of sp³-hybridized carbons (Fsp3) is 0.400. The third-order valence-corrected chi connectivity index (χ3v) is 6.42. The van der Waals surface area contributed by atoms with Gasteiger partial charge in [-0.15, -0.1) is 0 Å². The SMILES string of the molecule is CCOc1cccc(N(C(=O)CCC(=O)Nc2cc(C)on2)[C@H](C(=O)NC(C)(C)CC)c2ccc(OC)cc2)c1. The Labute approximate surface area is 235 Å². The molecule has 1 heterocycles. The highest BCUT2D eigenvalue weighted by Gasteiger charge is 2.35. The van der Waals surface area contributed by atoms with Crippen LogP contribution in [-0.4, -0.2) is 42.1 Å². The van der Waals surface area contributed by atoms with Crippen molar-refractivity contribution < 1.29 is 28.4 Å². The summed E-state index contributed by atoms with van der Waals surface area (Å²) in [5, 5.41) is 9.48. The number of aromatic nitrogens is 1. The van der Waals surface area contributed by atoms with E-state index >= 15 is 0 Å². The van der Waals surface area contributed by atoms with Gasteiger partial charge in [0.05, 0.1) is 13.7 Å². The maximum absolute atomic E-state index is 13.9. The minimum atomic E-state index is -1.03. The first-order chi connectivity index (χ1) is 19.1. The van der Waals surface area contributed by atoms with Crippen molar-refractivity contribution in [2.75, 3.05) is 23.9 Å². The van der Waals surface area contributed by atoms with Crippen LogP contribution in [0.1, 0.15) is 64.3 Å². The number of amides is 3. The van der Waals surface area contributed by atoms with Crippen molar-refractivity contribution in [3.05, 3.63) is 65.9 Å². The Morgan fingerprint density at radius 1 is 1.02 bits per heavy atom. The van der Waals surface area contributed by atoms with Crippen LogP contribution in [-0.2, 0) is 14.4 Å². The van der Waals surface area contributed by atoms with Crippen LogP contribution in [0.4, 0.5) is 11.5 Å². The number of nitrogens with zero attached hydrogens (tertiary/aromatic N) is 2. The molecule has 0 aliphatic rings. The van der Waals surface area contributed by atoms with Gasteiger partial charge in [0.1, 0.15) is 23.3 Å². The molecule has 2 N–H and O–H groups in total. The predicted molar refractivity (Wildman–Crippen MR) is 152 cm³/mol. The highest BCUT2D eigenvalue weighted by molar-refractivity contribution is 6.03. The molecule has 214 valence electrons. The molecule has 3 aromatic rings. The van der Waals surface area contributed by atoms with Gasteiger partial charge in [0.25, 0.3) is 0 Å². The molecular formula is C30H38N4O6. The Morgan fingerprint density at radius 2 is 1.75 bits per heavy atom. The second kappa shape index (κ2) is 13.6. The average Bonchev–Trinajstić information content (AvgIpc) is 3.34. The van der Waals surface area contributed by atoms with Crippen LogP contribution in [0.2, 0.25) is 0 Å². The molecule has 10 nitrogen and oxygen atoms in total. The topological polar surface area (TPSA) is 123 Å². The lowest BCUT2D eigenvalue weighted by Gasteiger charge is -2.35. The number of methoxy groups -OCH3 is 1. The van der Waals surface area contributed by atoms with Gasteiger partial charge in [0, 0.05) is 36.2 Å². The molecule has 0 saturated heterocycles. The molecule has 0 radical (unpaired) electrons. The Bertz CT molecular complexity index is 1300. The summed E-state index contributed by atoms with van der Waals surface area (Å²) in [5.74, 6) is 0.832. The number of rotatable bonds is 13. The molecule has 0 unspecified atom stereocenters. The van der Waals surface area contributed by atoms with Crippen molar-refractivity contribution in [1.82, 2.24) is 10.5 Å². The minimum absolute atomic E-state index is 0.121. The highest BCUT2D eigenvalue weighted by atomic mass is 16.5. The summed E-state index contributed by atoms with van der Waals surface area (Å²) in [6.07, 6.45) is 0.409. The summed E-state index contributed by atoms with van der Waals surface area (Å²) in [5.41, 5.74) is 0.538. The van der Waals surface area contributed by atoms with Crippen LogP contribution in [0.15, 0.2) is 59.1 Å². The fourth-order valence-corrected chi connectivity index (χ4v) is 3.99.